The van der Waals surface area contributed by atoms with E-state index in [1.165, 1.54) is 20.4 Å². The van der Waals surface area contributed by atoms with Crippen LogP contribution in [0.4, 0.5) is 5.82 Å². The molecule has 0 bridgehead atoms. The van der Waals surface area contributed by atoms with Gasteiger partial charge in [-0.25, -0.2) is 14.6 Å². The molecule has 1 aliphatic heterocycles. The van der Waals surface area contributed by atoms with Crippen molar-refractivity contribution in [1.29, 1.82) is 0 Å². The van der Waals surface area contributed by atoms with Gasteiger partial charge in [-0.05, 0) is 12.1 Å². The first-order valence-corrected chi connectivity index (χ1v) is 6.14. The number of ether oxygens (including phenoxy) is 3. The van der Waals surface area contributed by atoms with Crippen molar-refractivity contribution in [2.75, 3.05) is 38.9 Å². The van der Waals surface area contributed by atoms with E-state index in [0.29, 0.717) is 24.5 Å². The molecule has 0 aliphatic carbocycles. The minimum atomic E-state index is -0.561. The zero-order valence-corrected chi connectivity index (χ0v) is 11.4. The summed E-state index contributed by atoms with van der Waals surface area (Å²) in [6.45, 7) is 1.21. The molecule has 1 aliphatic rings. The minimum absolute atomic E-state index is 0.233. The van der Waals surface area contributed by atoms with E-state index in [2.05, 4.69) is 9.72 Å². The van der Waals surface area contributed by atoms with Gasteiger partial charge in [0.15, 0.2) is 6.04 Å². The highest BCUT2D eigenvalue weighted by Gasteiger charge is 2.31. The second kappa shape index (κ2) is 6.33. The Morgan fingerprint density at radius 2 is 2.20 bits per heavy atom. The second-order valence-corrected chi connectivity index (χ2v) is 4.20. The molecule has 2 heterocycles. The number of anilines is 1. The van der Waals surface area contributed by atoms with Crippen LogP contribution in [0.1, 0.15) is 10.4 Å². The van der Waals surface area contributed by atoms with Crippen molar-refractivity contribution < 1.29 is 23.8 Å². The average Bonchev–Trinajstić information content (AvgIpc) is 2.53. The molecule has 7 heteroatoms. The Kier molecular flexibility index (Phi) is 4.52. The standard InChI is InChI=1S/C13H16N2O5/c1-18-12(16)9-3-4-14-11(7-9)15-5-6-20-8-10(15)13(17)19-2/h3-4,7,10H,5-6,8H2,1-2H3. The third kappa shape index (κ3) is 2.88. The van der Waals surface area contributed by atoms with Crippen LogP contribution in [0.25, 0.3) is 0 Å². The Bertz CT molecular complexity index is 505. The van der Waals surface area contributed by atoms with Gasteiger partial charge >= 0.3 is 11.9 Å². The smallest absolute Gasteiger partial charge is 0.338 e. The van der Waals surface area contributed by atoms with Crippen LogP contribution in [0.5, 0.6) is 0 Å². The number of carbonyl (C=O) groups is 2. The molecule has 1 atom stereocenters. The topological polar surface area (TPSA) is 78.0 Å². The molecule has 0 aromatic carbocycles. The van der Waals surface area contributed by atoms with Crippen LogP contribution in [-0.2, 0) is 19.0 Å². The number of esters is 2. The maximum atomic E-state index is 11.8. The Balaban J connectivity index is 2.28. The zero-order chi connectivity index (χ0) is 14.5. The van der Waals surface area contributed by atoms with Crippen molar-refractivity contribution >= 4 is 17.8 Å². The van der Waals surface area contributed by atoms with E-state index in [0.717, 1.165) is 0 Å². The number of hydrogen-bond acceptors (Lipinski definition) is 7. The quantitative estimate of drug-likeness (QED) is 0.734. The summed E-state index contributed by atoms with van der Waals surface area (Å²) in [4.78, 5) is 29.3. The number of carbonyl (C=O) groups excluding carboxylic acids is 2. The molecular formula is C13H16N2O5. The van der Waals surface area contributed by atoms with Crippen LogP contribution in [-0.4, -0.2) is 56.9 Å². The van der Waals surface area contributed by atoms with Gasteiger partial charge in [0.25, 0.3) is 0 Å². The van der Waals surface area contributed by atoms with Crippen LogP contribution in [0.15, 0.2) is 18.3 Å². The van der Waals surface area contributed by atoms with Gasteiger partial charge < -0.3 is 19.1 Å². The van der Waals surface area contributed by atoms with Crippen LogP contribution in [0.2, 0.25) is 0 Å². The Hall–Kier alpha value is -2.15. The van der Waals surface area contributed by atoms with Gasteiger partial charge in [-0.3, -0.25) is 0 Å². The third-order valence-electron chi connectivity index (χ3n) is 3.06. The van der Waals surface area contributed by atoms with Gasteiger partial charge in [-0.15, -0.1) is 0 Å². The summed E-state index contributed by atoms with van der Waals surface area (Å²) in [5.74, 6) is -0.321. The Morgan fingerprint density at radius 3 is 2.90 bits per heavy atom. The molecule has 2 rings (SSSR count). The lowest BCUT2D eigenvalue weighted by molar-refractivity contribution is -0.144. The van der Waals surface area contributed by atoms with Gasteiger partial charge in [0.2, 0.25) is 0 Å². The summed E-state index contributed by atoms with van der Waals surface area (Å²) in [7, 11) is 2.64. The van der Waals surface area contributed by atoms with E-state index in [-0.39, 0.29) is 6.61 Å². The largest absolute Gasteiger partial charge is 0.467 e. The van der Waals surface area contributed by atoms with Crippen molar-refractivity contribution in [2.24, 2.45) is 0 Å². The van der Waals surface area contributed by atoms with Crippen molar-refractivity contribution in [3.05, 3.63) is 23.9 Å². The molecule has 20 heavy (non-hydrogen) atoms. The molecule has 108 valence electrons. The summed E-state index contributed by atoms with van der Waals surface area (Å²) in [5.41, 5.74) is 0.382. The maximum absolute atomic E-state index is 11.8. The summed E-state index contributed by atoms with van der Waals surface area (Å²) in [6, 6.07) is 2.59. The van der Waals surface area contributed by atoms with E-state index in [4.69, 9.17) is 9.47 Å². The summed E-state index contributed by atoms with van der Waals surface area (Å²) < 4.78 is 14.7. The Morgan fingerprint density at radius 1 is 1.40 bits per heavy atom. The number of methoxy groups -OCH3 is 2. The Labute approximate surface area is 116 Å². The molecule has 1 unspecified atom stereocenters. The molecule has 1 saturated heterocycles. The predicted molar refractivity (Wildman–Crippen MR) is 69.5 cm³/mol. The van der Waals surface area contributed by atoms with Crippen LogP contribution < -0.4 is 4.90 Å². The molecule has 0 N–H and O–H groups in total. The minimum Gasteiger partial charge on any atom is -0.467 e. The van der Waals surface area contributed by atoms with Gasteiger partial charge in [0.05, 0.1) is 33.0 Å². The first-order chi connectivity index (χ1) is 9.67. The van der Waals surface area contributed by atoms with E-state index in [1.807, 2.05) is 0 Å². The molecule has 0 radical (unpaired) electrons. The number of morpholine rings is 1. The summed E-state index contributed by atoms with van der Waals surface area (Å²) in [6.07, 6.45) is 1.51. The number of hydrogen-bond donors (Lipinski definition) is 0. The monoisotopic (exact) mass is 280 g/mol. The summed E-state index contributed by atoms with van der Waals surface area (Å²) in [5, 5.41) is 0. The molecule has 0 spiro atoms. The average molecular weight is 280 g/mol. The van der Waals surface area contributed by atoms with Crippen LogP contribution >= 0.6 is 0 Å². The molecule has 1 fully saturated rings. The molecule has 0 amide bonds. The first-order valence-electron chi connectivity index (χ1n) is 6.14. The second-order valence-electron chi connectivity index (χ2n) is 4.20. The normalized spacial score (nSPS) is 18.5. The van der Waals surface area contributed by atoms with Crippen molar-refractivity contribution in [2.45, 2.75) is 6.04 Å². The van der Waals surface area contributed by atoms with Crippen molar-refractivity contribution in [3.8, 4) is 0 Å². The van der Waals surface area contributed by atoms with Crippen LogP contribution in [0, 0.1) is 0 Å². The van der Waals surface area contributed by atoms with Gasteiger partial charge in [-0.1, -0.05) is 0 Å². The van der Waals surface area contributed by atoms with E-state index in [9.17, 15) is 9.59 Å². The van der Waals surface area contributed by atoms with Crippen molar-refractivity contribution in [1.82, 2.24) is 4.98 Å². The van der Waals surface area contributed by atoms with Crippen LogP contribution in [0.3, 0.4) is 0 Å². The van der Waals surface area contributed by atoms with Gasteiger partial charge in [0.1, 0.15) is 5.82 Å². The lowest BCUT2D eigenvalue weighted by atomic mass is 10.2. The first kappa shape index (κ1) is 14.3. The fraction of sp³-hybridized carbons (Fsp3) is 0.462. The molecule has 7 nitrogen and oxygen atoms in total. The highest BCUT2D eigenvalue weighted by Crippen LogP contribution is 2.19. The van der Waals surface area contributed by atoms with E-state index < -0.39 is 18.0 Å². The fourth-order valence-electron chi connectivity index (χ4n) is 2.03. The predicted octanol–water partition coefficient (Wildman–Crippen LogP) is 0.246. The molecular weight excluding hydrogens is 264 g/mol. The third-order valence-corrected chi connectivity index (χ3v) is 3.06. The van der Waals surface area contributed by atoms with E-state index >= 15 is 0 Å². The van der Waals surface area contributed by atoms with Gasteiger partial charge in [0, 0.05) is 12.7 Å². The molecule has 0 saturated carbocycles. The lowest BCUT2D eigenvalue weighted by Crippen LogP contribution is -2.51. The van der Waals surface area contributed by atoms with E-state index in [1.54, 1.807) is 17.0 Å². The molecule has 1 aromatic heterocycles. The SMILES string of the molecule is COC(=O)c1ccnc(N2CCOCC2C(=O)OC)c1. The number of pyridine rings is 1. The summed E-state index contributed by atoms with van der Waals surface area (Å²) >= 11 is 0. The van der Waals surface area contributed by atoms with Crippen molar-refractivity contribution in [3.63, 3.8) is 0 Å². The maximum Gasteiger partial charge on any atom is 0.338 e. The fourth-order valence-corrected chi connectivity index (χ4v) is 2.03. The van der Waals surface area contributed by atoms with Gasteiger partial charge in [-0.2, -0.15) is 0 Å². The number of rotatable bonds is 3. The lowest BCUT2D eigenvalue weighted by Gasteiger charge is -2.34. The number of aromatic nitrogens is 1. The number of nitrogens with zero attached hydrogens (tertiary/aromatic N) is 2. The highest BCUT2D eigenvalue weighted by molar-refractivity contribution is 5.90. The highest BCUT2D eigenvalue weighted by atomic mass is 16.5. The molecule has 1 aromatic rings. The zero-order valence-electron chi connectivity index (χ0n) is 11.4.